The van der Waals surface area contributed by atoms with E-state index in [1.54, 1.807) is 12.3 Å². The summed E-state index contributed by atoms with van der Waals surface area (Å²) in [5.41, 5.74) is 6.27. The van der Waals surface area contributed by atoms with Gasteiger partial charge in [-0.05, 0) is 28.1 Å². The fourth-order valence-corrected chi connectivity index (χ4v) is 1.09. The molecule has 0 aliphatic carbocycles. The number of hydrogen-bond donors (Lipinski definition) is 1. The Hall–Kier alpha value is -1.43. The Balaban J connectivity index is 2.58. The lowest BCUT2D eigenvalue weighted by Crippen LogP contribution is -2.16. The van der Waals surface area contributed by atoms with E-state index in [4.69, 9.17) is 5.73 Å². The molecule has 15 heavy (non-hydrogen) atoms. The van der Waals surface area contributed by atoms with E-state index in [-0.39, 0.29) is 5.84 Å². The number of amidine groups is 1. The van der Waals surface area contributed by atoms with Gasteiger partial charge in [0.25, 0.3) is 0 Å². The number of carbonyl (C=O) groups is 1. The van der Waals surface area contributed by atoms with E-state index in [9.17, 15) is 4.79 Å². The molecule has 1 heterocycles. The van der Waals surface area contributed by atoms with Crippen molar-refractivity contribution in [2.24, 2.45) is 10.9 Å². The third-order valence-corrected chi connectivity index (χ3v) is 1.91. The Bertz CT molecular complexity index is 375. The summed E-state index contributed by atoms with van der Waals surface area (Å²) >= 11 is 3.27. The van der Waals surface area contributed by atoms with Crippen molar-refractivity contribution >= 4 is 27.7 Å². The first kappa shape index (κ1) is 11.6. The normalized spacial score (nSPS) is 11.2. The zero-order chi connectivity index (χ0) is 11.3. The van der Waals surface area contributed by atoms with Gasteiger partial charge in [-0.3, -0.25) is 4.98 Å². The average Bonchev–Trinajstić information content (AvgIpc) is 2.19. The van der Waals surface area contributed by atoms with Crippen LogP contribution >= 0.6 is 15.9 Å². The van der Waals surface area contributed by atoms with Crippen LogP contribution in [0.25, 0.3) is 0 Å². The molecule has 0 saturated carbocycles. The standard InChI is InChI=1S/C9H10BrN3O2/c1-6(14)15-13-9(11)4-8-3-2-7(10)5-12-8/h2-3,5H,4H2,1H3,(H2,11,13). The minimum absolute atomic E-state index is 0.208. The van der Waals surface area contributed by atoms with Gasteiger partial charge < -0.3 is 10.6 Å². The highest BCUT2D eigenvalue weighted by Crippen LogP contribution is 2.07. The number of nitrogens with two attached hydrogens (primary N) is 1. The van der Waals surface area contributed by atoms with Crippen LogP contribution in [-0.2, 0) is 16.1 Å². The lowest BCUT2D eigenvalue weighted by atomic mass is 10.2. The van der Waals surface area contributed by atoms with Crippen LogP contribution in [0.15, 0.2) is 28.0 Å². The van der Waals surface area contributed by atoms with Crippen molar-refractivity contribution < 1.29 is 9.63 Å². The molecule has 0 spiro atoms. The van der Waals surface area contributed by atoms with Crippen LogP contribution < -0.4 is 5.73 Å². The van der Waals surface area contributed by atoms with Crippen molar-refractivity contribution in [1.82, 2.24) is 4.98 Å². The summed E-state index contributed by atoms with van der Waals surface area (Å²) in [7, 11) is 0. The molecule has 6 heteroatoms. The molecule has 0 aliphatic rings. The van der Waals surface area contributed by atoms with Crippen LogP contribution in [0.5, 0.6) is 0 Å². The molecule has 0 aromatic carbocycles. The van der Waals surface area contributed by atoms with Gasteiger partial charge in [-0.15, -0.1) is 0 Å². The van der Waals surface area contributed by atoms with E-state index < -0.39 is 5.97 Å². The Kier molecular flexibility index (Phi) is 4.23. The van der Waals surface area contributed by atoms with E-state index in [2.05, 4.69) is 30.9 Å². The molecular formula is C9H10BrN3O2. The van der Waals surface area contributed by atoms with Gasteiger partial charge in [0.05, 0.1) is 6.42 Å². The molecule has 0 amide bonds. The Morgan fingerprint density at radius 1 is 1.67 bits per heavy atom. The number of nitrogens with zero attached hydrogens (tertiary/aromatic N) is 2. The molecular weight excluding hydrogens is 262 g/mol. The third-order valence-electron chi connectivity index (χ3n) is 1.44. The van der Waals surface area contributed by atoms with Crippen molar-refractivity contribution in [1.29, 1.82) is 0 Å². The number of aromatic nitrogens is 1. The second-order valence-corrected chi connectivity index (χ2v) is 3.73. The highest BCUT2D eigenvalue weighted by molar-refractivity contribution is 9.10. The first-order chi connectivity index (χ1) is 7.08. The second-order valence-electron chi connectivity index (χ2n) is 2.81. The van der Waals surface area contributed by atoms with Crippen LogP contribution in [0.4, 0.5) is 0 Å². The van der Waals surface area contributed by atoms with Crippen LogP contribution in [0.1, 0.15) is 12.6 Å². The molecule has 0 aliphatic heterocycles. The summed E-state index contributed by atoms with van der Waals surface area (Å²) in [6.45, 7) is 1.26. The minimum atomic E-state index is -0.498. The van der Waals surface area contributed by atoms with Crippen molar-refractivity contribution in [3.8, 4) is 0 Å². The molecule has 0 bridgehead atoms. The number of hydrogen-bond acceptors (Lipinski definition) is 4. The largest absolute Gasteiger partial charge is 0.384 e. The summed E-state index contributed by atoms with van der Waals surface area (Å²) in [5, 5.41) is 3.43. The maximum Gasteiger partial charge on any atom is 0.332 e. The number of halogens is 1. The summed E-state index contributed by atoms with van der Waals surface area (Å²) in [5.74, 6) is -0.290. The Morgan fingerprint density at radius 2 is 2.40 bits per heavy atom. The SMILES string of the molecule is CC(=O)O/N=C(\N)Cc1ccc(Br)cn1. The fourth-order valence-electron chi connectivity index (χ4n) is 0.852. The molecule has 0 radical (unpaired) electrons. The lowest BCUT2D eigenvalue weighted by molar-refractivity contribution is -0.140. The molecule has 1 rings (SSSR count). The highest BCUT2D eigenvalue weighted by Gasteiger charge is 2.00. The van der Waals surface area contributed by atoms with E-state index in [1.165, 1.54) is 6.92 Å². The summed E-state index contributed by atoms with van der Waals surface area (Å²) in [4.78, 5) is 18.9. The Morgan fingerprint density at radius 3 is 2.93 bits per heavy atom. The van der Waals surface area contributed by atoms with Gasteiger partial charge >= 0.3 is 5.97 Å². The van der Waals surface area contributed by atoms with Crippen LogP contribution in [0.2, 0.25) is 0 Å². The molecule has 1 aromatic rings. The monoisotopic (exact) mass is 271 g/mol. The van der Waals surface area contributed by atoms with Gasteiger partial charge in [-0.25, -0.2) is 4.79 Å². The van der Waals surface area contributed by atoms with Crippen molar-refractivity contribution in [3.63, 3.8) is 0 Å². The fraction of sp³-hybridized carbons (Fsp3) is 0.222. The lowest BCUT2D eigenvalue weighted by Gasteiger charge is -1.99. The molecule has 0 atom stereocenters. The predicted molar refractivity (Wildman–Crippen MR) is 59.0 cm³/mol. The molecule has 2 N–H and O–H groups in total. The molecule has 1 aromatic heterocycles. The summed E-state index contributed by atoms with van der Waals surface area (Å²) in [6, 6.07) is 3.65. The number of oxime groups is 1. The number of pyridine rings is 1. The molecule has 0 saturated heterocycles. The van der Waals surface area contributed by atoms with Crippen molar-refractivity contribution in [3.05, 3.63) is 28.5 Å². The quantitative estimate of drug-likeness (QED) is 0.388. The van der Waals surface area contributed by atoms with Gasteiger partial charge in [0.2, 0.25) is 0 Å². The van der Waals surface area contributed by atoms with Gasteiger partial charge in [0.15, 0.2) is 0 Å². The van der Waals surface area contributed by atoms with Gasteiger partial charge in [-0.2, -0.15) is 0 Å². The summed E-state index contributed by atoms with van der Waals surface area (Å²) < 4.78 is 0.891. The average molecular weight is 272 g/mol. The number of carbonyl (C=O) groups excluding carboxylic acids is 1. The molecule has 0 fully saturated rings. The third kappa shape index (κ3) is 4.55. The zero-order valence-electron chi connectivity index (χ0n) is 8.11. The Labute approximate surface area is 95.4 Å². The van der Waals surface area contributed by atoms with E-state index in [0.29, 0.717) is 6.42 Å². The van der Waals surface area contributed by atoms with Crippen LogP contribution in [0.3, 0.4) is 0 Å². The maximum absolute atomic E-state index is 10.4. The van der Waals surface area contributed by atoms with Crippen LogP contribution in [-0.4, -0.2) is 16.8 Å². The second kappa shape index (κ2) is 5.45. The first-order valence-corrected chi connectivity index (χ1v) is 4.97. The maximum atomic E-state index is 10.4. The smallest absolute Gasteiger partial charge is 0.332 e. The van der Waals surface area contributed by atoms with Crippen molar-refractivity contribution in [2.75, 3.05) is 0 Å². The van der Waals surface area contributed by atoms with Gasteiger partial charge in [0.1, 0.15) is 5.84 Å². The van der Waals surface area contributed by atoms with Gasteiger partial charge in [-0.1, -0.05) is 5.16 Å². The molecule has 0 unspecified atom stereocenters. The van der Waals surface area contributed by atoms with E-state index >= 15 is 0 Å². The number of rotatable bonds is 3. The predicted octanol–water partition coefficient (Wildman–Crippen LogP) is 1.22. The summed E-state index contributed by atoms with van der Waals surface area (Å²) in [6.07, 6.45) is 2.01. The molecule has 80 valence electrons. The first-order valence-electron chi connectivity index (χ1n) is 4.18. The zero-order valence-corrected chi connectivity index (χ0v) is 9.69. The highest BCUT2D eigenvalue weighted by atomic mass is 79.9. The molecule has 5 nitrogen and oxygen atoms in total. The van der Waals surface area contributed by atoms with Crippen molar-refractivity contribution in [2.45, 2.75) is 13.3 Å². The van der Waals surface area contributed by atoms with E-state index in [1.807, 2.05) is 6.07 Å². The van der Waals surface area contributed by atoms with Crippen LogP contribution in [0, 0.1) is 0 Å². The minimum Gasteiger partial charge on any atom is -0.384 e. The van der Waals surface area contributed by atoms with E-state index in [0.717, 1.165) is 10.2 Å². The van der Waals surface area contributed by atoms with Gasteiger partial charge in [0, 0.05) is 23.3 Å². The topological polar surface area (TPSA) is 77.6 Å².